The van der Waals surface area contributed by atoms with E-state index in [9.17, 15) is 4.79 Å². The highest BCUT2D eigenvalue weighted by atomic mass is 32.1. The van der Waals surface area contributed by atoms with Crippen LogP contribution in [0.15, 0.2) is 5.38 Å². The number of carbonyl (C=O) groups excluding carboxylic acids is 1. The summed E-state index contributed by atoms with van der Waals surface area (Å²) in [5, 5.41) is 8.48. The molecular formula is C10H17N3OS. The van der Waals surface area contributed by atoms with Gasteiger partial charge in [0.2, 0.25) is 0 Å². The number of aryl methyl sites for hydroxylation is 1. The van der Waals surface area contributed by atoms with E-state index in [0.29, 0.717) is 6.54 Å². The predicted octanol–water partition coefficient (Wildman–Crippen LogP) is 2.05. The van der Waals surface area contributed by atoms with Crippen LogP contribution >= 0.6 is 11.3 Å². The summed E-state index contributed by atoms with van der Waals surface area (Å²) in [6.07, 6.45) is 2.11. The monoisotopic (exact) mass is 227 g/mol. The Bertz CT molecular complexity index is 311. The standard InChI is InChI=1S/C10H17N3OS/c1-3-4-5-11-10(14)12-6-9-13-8(2)7-15-9/h7H,3-6H2,1-2H3,(H2,11,12,14). The van der Waals surface area contributed by atoms with E-state index >= 15 is 0 Å². The molecule has 0 radical (unpaired) electrons. The van der Waals surface area contributed by atoms with Gasteiger partial charge >= 0.3 is 6.03 Å². The largest absolute Gasteiger partial charge is 0.338 e. The van der Waals surface area contributed by atoms with E-state index in [1.54, 1.807) is 11.3 Å². The Labute approximate surface area is 94.1 Å². The Morgan fingerprint density at radius 1 is 1.53 bits per heavy atom. The van der Waals surface area contributed by atoms with Crippen LogP contribution in [0.5, 0.6) is 0 Å². The molecule has 0 saturated carbocycles. The van der Waals surface area contributed by atoms with Gasteiger partial charge in [0.25, 0.3) is 0 Å². The minimum Gasteiger partial charge on any atom is -0.338 e. The molecule has 5 heteroatoms. The molecule has 1 rings (SSSR count). The number of rotatable bonds is 5. The Kier molecular flexibility index (Phi) is 5.10. The summed E-state index contributed by atoms with van der Waals surface area (Å²) in [7, 11) is 0. The minimum absolute atomic E-state index is 0.115. The van der Waals surface area contributed by atoms with Crippen LogP contribution in [-0.4, -0.2) is 17.6 Å². The molecule has 0 aromatic carbocycles. The zero-order valence-electron chi connectivity index (χ0n) is 9.17. The number of urea groups is 1. The maximum absolute atomic E-state index is 11.3. The first-order valence-corrected chi connectivity index (χ1v) is 6.03. The highest BCUT2D eigenvalue weighted by Gasteiger charge is 2.01. The maximum Gasteiger partial charge on any atom is 0.315 e. The van der Waals surface area contributed by atoms with Crippen molar-refractivity contribution in [3.63, 3.8) is 0 Å². The molecule has 2 amide bonds. The van der Waals surface area contributed by atoms with Gasteiger partial charge in [0.15, 0.2) is 0 Å². The summed E-state index contributed by atoms with van der Waals surface area (Å²) in [5.41, 5.74) is 1.00. The third-order valence-corrected chi connectivity index (χ3v) is 2.85. The van der Waals surface area contributed by atoms with Crippen molar-refractivity contribution in [3.05, 3.63) is 16.1 Å². The van der Waals surface area contributed by atoms with Crippen LogP contribution in [0, 0.1) is 6.92 Å². The lowest BCUT2D eigenvalue weighted by molar-refractivity contribution is 0.240. The molecule has 0 fully saturated rings. The fourth-order valence-electron chi connectivity index (χ4n) is 1.08. The molecule has 0 atom stereocenters. The van der Waals surface area contributed by atoms with E-state index in [0.717, 1.165) is 30.1 Å². The second-order valence-electron chi connectivity index (χ2n) is 3.35. The smallest absolute Gasteiger partial charge is 0.315 e. The third-order valence-electron chi connectivity index (χ3n) is 1.88. The van der Waals surface area contributed by atoms with Crippen LogP contribution in [0.25, 0.3) is 0 Å². The number of amides is 2. The van der Waals surface area contributed by atoms with Crippen molar-refractivity contribution in [2.75, 3.05) is 6.54 Å². The van der Waals surface area contributed by atoms with Gasteiger partial charge in [-0.1, -0.05) is 13.3 Å². The van der Waals surface area contributed by atoms with Gasteiger partial charge in [-0.15, -0.1) is 11.3 Å². The Balaban J connectivity index is 2.16. The first-order valence-electron chi connectivity index (χ1n) is 5.15. The second kappa shape index (κ2) is 6.40. The van der Waals surface area contributed by atoms with Crippen molar-refractivity contribution < 1.29 is 4.79 Å². The number of aromatic nitrogens is 1. The van der Waals surface area contributed by atoms with Crippen LogP contribution in [0.4, 0.5) is 4.79 Å². The zero-order chi connectivity index (χ0) is 11.1. The summed E-state index contributed by atoms with van der Waals surface area (Å²) in [4.78, 5) is 15.5. The minimum atomic E-state index is -0.115. The fourth-order valence-corrected chi connectivity index (χ4v) is 1.79. The SMILES string of the molecule is CCCCNC(=O)NCc1nc(C)cs1. The number of hydrogen-bond acceptors (Lipinski definition) is 3. The van der Waals surface area contributed by atoms with Crippen LogP contribution in [-0.2, 0) is 6.54 Å². The molecule has 0 aliphatic carbocycles. The van der Waals surface area contributed by atoms with Gasteiger partial charge in [0.05, 0.1) is 6.54 Å². The van der Waals surface area contributed by atoms with Crippen molar-refractivity contribution in [1.29, 1.82) is 0 Å². The zero-order valence-corrected chi connectivity index (χ0v) is 9.99. The Hall–Kier alpha value is -1.10. The average Bonchev–Trinajstić information content (AvgIpc) is 2.62. The van der Waals surface area contributed by atoms with Gasteiger partial charge in [-0.2, -0.15) is 0 Å². The molecule has 84 valence electrons. The number of thiazole rings is 1. The molecule has 0 unspecified atom stereocenters. The van der Waals surface area contributed by atoms with Gasteiger partial charge in [0.1, 0.15) is 5.01 Å². The molecule has 1 aromatic heterocycles. The van der Waals surface area contributed by atoms with Gasteiger partial charge in [0, 0.05) is 17.6 Å². The number of nitrogens with one attached hydrogen (secondary N) is 2. The van der Waals surface area contributed by atoms with Crippen molar-refractivity contribution in [3.8, 4) is 0 Å². The first kappa shape index (κ1) is 12.0. The van der Waals surface area contributed by atoms with E-state index in [4.69, 9.17) is 0 Å². The molecule has 0 aliphatic heterocycles. The summed E-state index contributed by atoms with van der Waals surface area (Å²) in [5.74, 6) is 0. The van der Waals surface area contributed by atoms with E-state index < -0.39 is 0 Å². The molecule has 15 heavy (non-hydrogen) atoms. The van der Waals surface area contributed by atoms with Gasteiger partial charge in [-0.05, 0) is 13.3 Å². The summed E-state index contributed by atoms with van der Waals surface area (Å²) in [6.45, 7) is 5.29. The highest BCUT2D eigenvalue weighted by molar-refractivity contribution is 7.09. The quantitative estimate of drug-likeness (QED) is 0.756. The van der Waals surface area contributed by atoms with Gasteiger partial charge in [-0.25, -0.2) is 9.78 Å². The number of nitrogens with zero attached hydrogens (tertiary/aromatic N) is 1. The molecule has 4 nitrogen and oxygen atoms in total. The molecule has 0 spiro atoms. The molecule has 0 bridgehead atoms. The van der Waals surface area contributed by atoms with Gasteiger partial charge < -0.3 is 10.6 Å². The average molecular weight is 227 g/mol. The third kappa shape index (κ3) is 4.78. The molecule has 0 saturated heterocycles. The van der Waals surface area contributed by atoms with Crippen molar-refractivity contribution >= 4 is 17.4 Å². The fraction of sp³-hybridized carbons (Fsp3) is 0.600. The Morgan fingerprint density at radius 3 is 2.93 bits per heavy atom. The van der Waals surface area contributed by atoms with E-state index in [1.165, 1.54) is 0 Å². The predicted molar refractivity (Wildman–Crippen MR) is 62.0 cm³/mol. The van der Waals surface area contributed by atoms with Crippen LogP contribution in [0.3, 0.4) is 0 Å². The normalized spacial score (nSPS) is 10.0. The highest BCUT2D eigenvalue weighted by Crippen LogP contribution is 2.07. The lowest BCUT2D eigenvalue weighted by atomic mass is 10.3. The second-order valence-corrected chi connectivity index (χ2v) is 4.29. The molecule has 2 N–H and O–H groups in total. The van der Waals surface area contributed by atoms with Crippen molar-refractivity contribution in [1.82, 2.24) is 15.6 Å². The number of unbranched alkanes of at least 4 members (excludes halogenated alkanes) is 1. The number of hydrogen-bond donors (Lipinski definition) is 2. The lowest BCUT2D eigenvalue weighted by Crippen LogP contribution is -2.35. The van der Waals surface area contributed by atoms with Crippen LogP contribution in [0.1, 0.15) is 30.5 Å². The first-order chi connectivity index (χ1) is 7.22. The van der Waals surface area contributed by atoms with Crippen molar-refractivity contribution in [2.24, 2.45) is 0 Å². The number of carbonyl (C=O) groups is 1. The van der Waals surface area contributed by atoms with Crippen LogP contribution in [0.2, 0.25) is 0 Å². The van der Waals surface area contributed by atoms with Gasteiger partial charge in [-0.3, -0.25) is 0 Å². The molecular weight excluding hydrogens is 210 g/mol. The lowest BCUT2D eigenvalue weighted by Gasteiger charge is -2.04. The van der Waals surface area contributed by atoms with Crippen molar-refractivity contribution in [2.45, 2.75) is 33.2 Å². The molecule has 1 aromatic rings. The van der Waals surface area contributed by atoms with E-state index in [2.05, 4.69) is 22.5 Å². The summed E-state index contributed by atoms with van der Waals surface area (Å²) >= 11 is 1.57. The molecule has 1 heterocycles. The maximum atomic E-state index is 11.3. The Morgan fingerprint density at radius 2 is 2.33 bits per heavy atom. The van der Waals surface area contributed by atoms with E-state index in [-0.39, 0.29) is 6.03 Å². The van der Waals surface area contributed by atoms with Crippen LogP contribution < -0.4 is 10.6 Å². The van der Waals surface area contributed by atoms with E-state index in [1.807, 2.05) is 12.3 Å². The summed E-state index contributed by atoms with van der Waals surface area (Å²) < 4.78 is 0. The summed E-state index contributed by atoms with van der Waals surface area (Å²) in [6, 6.07) is -0.115. The molecule has 0 aliphatic rings. The topological polar surface area (TPSA) is 54.0 Å².